The highest BCUT2D eigenvalue weighted by Crippen LogP contribution is 2.23. The first kappa shape index (κ1) is 21.4. The maximum atomic E-state index is 13.3. The van der Waals surface area contributed by atoms with Crippen LogP contribution in [-0.4, -0.2) is 46.2 Å². The molecule has 8 nitrogen and oxygen atoms in total. The van der Waals surface area contributed by atoms with Gasteiger partial charge < -0.3 is 15.5 Å². The van der Waals surface area contributed by atoms with Gasteiger partial charge in [0, 0.05) is 43.7 Å². The molecule has 0 aliphatic rings. The fourth-order valence-corrected chi connectivity index (χ4v) is 3.84. The summed E-state index contributed by atoms with van der Waals surface area (Å²) < 4.78 is 13.3. The van der Waals surface area contributed by atoms with Crippen LogP contribution in [0.2, 0.25) is 0 Å². The summed E-state index contributed by atoms with van der Waals surface area (Å²) >= 11 is 1.45. The Labute approximate surface area is 188 Å². The van der Waals surface area contributed by atoms with Crippen LogP contribution >= 0.6 is 11.3 Å². The molecule has 0 fully saturated rings. The minimum atomic E-state index is -0.564. The standard InChI is InChI=1S/C22H22FN7OS/c1-24-19-10-15(7-8-25-19)17-11-20(29-28-17)27-22(31)18(30(2)21-12-32-13-26-21)9-14-3-5-16(23)6-4-14/h3-8,10-13,18H,9H2,1-2H3,(H,24,25)(H2,27,28,29,31)/t18-/m0/s1. The molecule has 3 heterocycles. The molecule has 0 bridgehead atoms. The third-order valence-corrected chi connectivity index (χ3v) is 5.61. The van der Waals surface area contributed by atoms with Crippen LogP contribution in [0, 0.1) is 5.82 Å². The third kappa shape index (κ3) is 4.92. The lowest BCUT2D eigenvalue weighted by Gasteiger charge is -2.27. The average molecular weight is 452 g/mol. The predicted molar refractivity (Wildman–Crippen MR) is 124 cm³/mol. The minimum absolute atomic E-state index is 0.231. The van der Waals surface area contributed by atoms with E-state index in [1.165, 1.54) is 23.5 Å². The number of nitrogens with one attached hydrogen (secondary N) is 3. The molecule has 0 saturated heterocycles. The van der Waals surface area contributed by atoms with E-state index >= 15 is 0 Å². The Morgan fingerprint density at radius 1 is 1.22 bits per heavy atom. The molecule has 1 amide bonds. The quantitative estimate of drug-likeness (QED) is 0.377. The van der Waals surface area contributed by atoms with Gasteiger partial charge in [0.1, 0.15) is 29.3 Å². The van der Waals surface area contributed by atoms with Crippen LogP contribution in [0.15, 0.2) is 59.6 Å². The Hall–Kier alpha value is -3.79. The topological polar surface area (TPSA) is 98.8 Å². The monoisotopic (exact) mass is 451 g/mol. The minimum Gasteiger partial charge on any atom is -0.373 e. The maximum absolute atomic E-state index is 13.3. The third-order valence-electron chi connectivity index (χ3n) is 5.04. The Morgan fingerprint density at radius 2 is 2.03 bits per heavy atom. The molecule has 4 rings (SSSR count). The molecule has 32 heavy (non-hydrogen) atoms. The number of H-pyrrole nitrogens is 1. The molecular formula is C22H22FN7OS. The number of hydrogen-bond donors (Lipinski definition) is 3. The number of hydrogen-bond acceptors (Lipinski definition) is 7. The molecule has 0 unspecified atom stereocenters. The molecule has 0 radical (unpaired) electrons. The van der Waals surface area contributed by atoms with Crippen molar-refractivity contribution < 1.29 is 9.18 Å². The number of pyridine rings is 1. The number of thiazole rings is 1. The van der Waals surface area contributed by atoms with Gasteiger partial charge in [-0.3, -0.25) is 9.89 Å². The number of benzene rings is 1. The molecular weight excluding hydrogens is 429 g/mol. The second-order valence-electron chi connectivity index (χ2n) is 7.14. The number of amides is 1. The normalized spacial score (nSPS) is 11.7. The highest BCUT2D eigenvalue weighted by atomic mass is 32.1. The summed E-state index contributed by atoms with van der Waals surface area (Å²) in [5.41, 5.74) is 4.11. The zero-order valence-corrected chi connectivity index (χ0v) is 18.4. The van der Waals surface area contributed by atoms with Gasteiger partial charge in [0.2, 0.25) is 5.91 Å². The lowest BCUT2D eigenvalue weighted by molar-refractivity contribution is -0.117. The molecule has 4 aromatic rings. The Morgan fingerprint density at radius 3 is 2.75 bits per heavy atom. The van der Waals surface area contributed by atoms with Crippen molar-refractivity contribution in [2.24, 2.45) is 0 Å². The zero-order valence-electron chi connectivity index (χ0n) is 17.5. The van der Waals surface area contributed by atoms with Gasteiger partial charge in [-0.25, -0.2) is 14.4 Å². The first-order valence-electron chi connectivity index (χ1n) is 9.89. The van der Waals surface area contributed by atoms with E-state index in [9.17, 15) is 9.18 Å². The van der Waals surface area contributed by atoms with Crippen LogP contribution in [0.1, 0.15) is 5.56 Å². The maximum Gasteiger partial charge on any atom is 0.248 e. The van der Waals surface area contributed by atoms with Gasteiger partial charge in [-0.15, -0.1) is 11.3 Å². The van der Waals surface area contributed by atoms with Crippen molar-refractivity contribution in [3.8, 4) is 11.3 Å². The van der Waals surface area contributed by atoms with Crippen molar-refractivity contribution in [2.75, 3.05) is 29.6 Å². The molecule has 3 N–H and O–H groups in total. The van der Waals surface area contributed by atoms with E-state index in [0.717, 1.165) is 16.9 Å². The number of anilines is 3. The molecule has 1 aromatic carbocycles. The van der Waals surface area contributed by atoms with Crippen molar-refractivity contribution in [3.05, 3.63) is 70.9 Å². The largest absolute Gasteiger partial charge is 0.373 e. The zero-order chi connectivity index (χ0) is 22.5. The van der Waals surface area contributed by atoms with Gasteiger partial charge in [-0.05, 0) is 29.8 Å². The van der Waals surface area contributed by atoms with Crippen molar-refractivity contribution in [2.45, 2.75) is 12.5 Å². The van der Waals surface area contributed by atoms with E-state index in [-0.39, 0.29) is 11.7 Å². The average Bonchev–Trinajstić information content (AvgIpc) is 3.51. The van der Waals surface area contributed by atoms with E-state index in [0.29, 0.717) is 23.8 Å². The van der Waals surface area contributed by atoms with E-state index in [1.54, 1.807) is 37.0 Å². The molecule has 0 spiro atoms. The summed E-state index contributed by atoms with van der Waals surface area (Å²) in [4.78, 5) is 23.6. The summed E-state index contributed by atoms with van der Waals surface area (Å²) in [6.45, 7) is 0. The summed E-state index contributed by atoms with van der Waals surface area (Å²) in [7, 11) is 3.61. The van der Waals surface area contributed by atoms with E-state index in [4.69, 9.17) is 0 Å². The van der Waals surface area contributed by atoms with E-state index in [2.05, 4.69) is 30.8 Å². The molecule has 0 aliphatic carbocycles. The number of halogens is 1. The van der Waals surface area contributed by atoms with Gasteiger partial charge in [0.15, 0.2) is 0 Å². The lowest BCUT2D eigenvalue weighted by atomic mass is 10.0. The van der Waals surface area contributed by atoms with Crippen LogP contribution in [0.4, 0.5) is 21.8 Å². The van der Waals surface area contributed by atoms with Gasteiger partial charge in [-0.2, -0.15) is 5.10 Å². The number of carbonyl (C=O) groups excluding carboxylic acids is 1. The lowest BCUT2D eigenvalue weighted by Crippen LogP contribution is -2.44. The highest BCUT2D eigenvalue weighted by Gasteiger charge is 2.26. The van der Waals surface area contributed by atoms with Gasteiger partial charge in [-0.1, -0.05) is 12.1 Å². The fourth-order valence-electron chi connectivity index (χ4n) is 3.27. The number of carbonyl (C=O) groups is 1. The SMILES string of the molecule is CNc1cc(-c2cc(NC(=O)[C@H](Cc3ccc(F)cc3)N(C)c3cscn3)[nH]n2)ccn1. The number of aromatic amines is 1. The second-order valence-corrected chi connectivity index (χ2v) is 7.86. The van der Waals surface area contributed by atoms with Crippen molar-refractivity contribution >= 4 is 34.7 Å². The van der Waals surface area contributed by atoms with Gasteiger partial charge in [0.25, 0.3) is 0 Å². The Bertz CT molecular complexity index is 1180. The van der Waals surface area contributed by atoms with Crippen LogP contribution in [0.25, 0.3) is 11.3 Å². The molecule has 3 aromatic heterocycles. The van der Waals surface area contributed by atoms with E-state index in [1.807, 2.05) is 29.5 Å². The first-order chi connectivity index (χ1) is 15.5. The molecule has 1 atom stereocenters. The summed E-state index contributed by atoms with van der Waals surface area (Å²) in [5.74, 6) is 1.35. The summed E-state index contributed by atoms with van der Waals surface area (Å²) in [6.07, 6.45) is 2.08. The highest BCUT2D eigenvalue weighted by molar-refractivity contribution is 7.07. The van der Waals surface area contributed by atoms with Crippen LogP contribution in [0.5, 0.6) is 0 Å². The van der Waals surface area contributed by atoms with Gasteiger partial charge >= 0.3 is 0 Å². The smallest absolute Gasteiger partial charge is 0.248 e. The first-order valence-corrected chi connectivity index (χ1v) is 10.8. The van der Waals surface area contributed by atoms with Crippen molar-refractivity contribution in [3.63, 3.8) is 0 Å². The van der Waals surface area contributed by atoms with Crippen molar-refractivity contribution in [1.82, 2.24) is 20.2 Å². The van der Waals surface area contributed by atoms with Crippen LogP contribution < -0.4 is 15.5 Å². The Balaban J connectivity index is 1.54. The molecule has 10 heteroatoms. The molecule has 0 saturated carbocycles. The second kappa shape index (κ2) is 9.56. The number of nitrogens with zero attached hydrogens (tertiary/aromatic N) is 4. The number of rotatable bonds is 8. The van der Waals surface area contributed by atoms with E-state index < -0.39 is 6.04 Å². The van der Waals surface area contributed by atoms with Crippen LogP contribution in [0.3, 0.4) is 0 Å². The summed E-state index contributed by atoms with van der Waals surface area (Å²) in [5, 5.41) is 14.9. The van der Waals surface area contributed by atoms with Crippen LogP contribution in [-0.2, 0) is 11.2 Å². The van der Waals surface area contributed by atoms with Gasteiger partial charge in [0.05, 0.1) is 11.2 Å². The molecule has 0 aliphatic heterocycles. The Kier molecular flexibility index (Phi) is 6.41. The predicted octanol–water partition coefficient (Wildman–Crippen LogP) is 3.80. The summed E-state index contributed by atoms with van der Waals surface area (Å²) in [6, 6.07) is 11.1. The van der Waals surface area contributed by atoms with Crippen molar-refractivity contribution in [1.29, 1.82) is 0 Å². The number of likely N-dealkylation sites (N-methyl/N-ethyl adjacent to an activating group) is 1. The number of aromatic nitrogens is 4. The fraction of sp³-hybridized carbons (Fsp3) is 0.182. The molecule has 164 valence electrons.